The van der Waals surface area contributed by atoms with Crippen molar-refractivity contribution in [1.29, 1.82) is 0 Å². The highest BCUT2D eigenvalue weighted by Crippen LogP contribution is 2.17. The molecule has 6 heteroatoms. The van der Waals surface area contributed by atoms with Gasteiger partial charge < -0.3 is 5.32 Å². The first kappa shape index (κ1) is 13.7. The number of anilines is 1. The van der Waals surface area contributed by atoms with Crippen molar-refractivity contribution in [3.63, 3.8) is 0 Å². The third kappa shape index (κ3) is 3.20. The Labute approximate surface area is 118 Å². The van der Waals surface area contributed by atoms with E-state index < -0.39 is 11.7 Å². The summed E-state index contributed by atoms with van der Waals surface area (Å²) >= 11 is 3.15. The molecule has 0 saturated heterocycles. The first-order valence-corrected chi connectivity index (χ1v) is 6.57. The maximum atomic E-state index is 13.6. The summed E-state index contributed by atoms with van der Waals surface area (Å²) in [6.07, 6.45) is 3.24. The van der Waals surface area contributed by atoms with Crippen LogP contribution in [0.5, 0.6) is 0 Å². The Morgan fingerprint density at radius 1 is 1.47 bits per heavy atom. The minimum Gasteiger partial charge on any atom is -0.319 e. The van der Waals surface area contributed by atoms with Gasteiger partial charge in [0.25, 0.3) is 5.91 Å². The largest absolute Gasteiger partial charge is 0.319 e. The van der Waals surface area contributed by atoms with E-state index in [0.717, 1.165) is 0 Å². The van der Waals surface area contributed by atoms with Gasteiger partial charge in [-0.15, -0.1) is 0 Å². The SMILES string of the molecule is CC(C)n1cc(NC(=O)c2ccc(Br)cc2F)cn1. The smallest absolute Gasteiger partial charge is 0.258 e. The number of carbonyl (C=O) groups excluding carboxylic acids is 1. The Morgan fingerprint density at radius 2 is 2.21 bits per heavy atom. The molecule has 0 aliphatic heterocycles. The molecule has 4 nitrogen and oxygen atoms in total. The maximum Gasteiger partial charge on any atom is 0.258 e. The van der Waals surface area contributed by atoms with E-state index in [1.165, 1.54) is 18.3 Å². The predicted octanol–water partition coefficient (Wildman–Crippen LogP) is 3.62. The second kappa shape index (κ2) is 5.52. The molecular weight excluding hydrogens is 313 g/mol. The van der Waals surface area contributed by atoms with Gasteiger partial charge in [-0.3, -0.25) is 9.48 Å². The van der Waals surface area contributed by atoms with Gasteiger partial charge in [-0.2, -0.15) is 5.10 Å². The number of halogens is 2. The first-order valence-electron chi connectivity index (χ1n) is 5.78. The number of amides is 1. The van der Waals surface area contributed by atoms with Gasteiger partial charge in [-0.1, -0.05) is 15.9 Å². The number of aromatic nitrogens is 2. The summed E-state index contributed by atoms with van der Waals surface area (Å²) < 4.78 is 15.9. The molecule has 1 heterocycles. The monoisotopic (exact) mass is 325 g/mol. The van der Waals surface area contributed by atoms with E-state index in [1.807, 2.05) is 13.8 Å². The number of hydrogen-bond donors (Lipinski definition) is 1. The Hall–Kier alpha value is -1.69. The zero-order valence-corrected chi connectivity index (χ0v) is 12.1. The molecule has 2 aromatic rings. The molecule has 1 N–H and O–H groups in total. The second-order valence-electron chi connectivity index (χ2n) is 4.38. The highest BCUT2D eigenvalue weighted by atomic mass is 79.9. The second-order valence-corrected chi connectivity index (χ2v) is 5.30. The lowest BCUT2D eigenvalue weighted by Crippen LogP contribution is -2.13. The fraction of sp³-hybridized carbons (Fsp3) is 0.231. The number of nitrogens with zero attached hydrogens (tertiary/aromatic N) is 2. The van der Waals surface area contributed by atoms with Crippen LogP contribution in [0.15, 0.2) is 35.1 Å². The topological polar surface area (TPSA) is 46.9 Å². The van der Waals surface area contributed by atoms with Crippen LogP contribution < -0.4 is 5.32 Å². The van der Waals surface area contributed by atoms with Crippen molar-refractivity contribution in [1.82, 2.24) is 9.78 Å². The Balaban J connectivity index is 2.16. The summed E-state index contributed by atoms with van der Waals surface area (Å²) in [7, 11) is 0. The van der Waals surface area contributed by atoms with Gasteiger partial charge in [0.05, 0.1) is 17.4 Å². The Bertz CT molecular complexity index is 610. The normalized spacial score (nSPS) is 10.8. The molecule has 0 atom stereocenters. The molecule has 0 aliphatic rings. The van der Waals surface area contributed by atoms with E-state index in [4.69, 9.17) is 0 Å². The van der Waals surface area contributed by atoms with Crippen molar-refractivity contribution in [3.8, 4) is 0 Å². The molecule has 0 unspecified atom stereocenters. The van der Waals surface area contributed by atoms with Crippen LogP contribution in [-0.4, -0.2) is 15.7 Å². The van der Waals surface area contributed by atoms with E-state index in [-0.39, 0.29) is 11.6 Å². The van der Waals surface area contributed by atoms with Gasteiger partial charge in [0.1, 0.15) is 5.82 Å². The van der Waals surface area contributed by atoms with Crippen LogP contribution in [0.2, 0.25) is 0 Å². The highest BCUT2D eigenvalue weighted by Gasteiger charge is 2.13. The molecule has 2 rings (SSSR count). The molecule has 0 aliphatic carbocycles. The molecule has 0 radical (unpaired) electrons. The fourth-order valence-electron chi connectivity index (χ4n) is 1.56. The number of carbonyl (C=O) groups is 1. The van der Waals surface area contributed by atoms with E-state index >= 15 is 0 Å². The third-order valence-electron chi connectivity index (χ3n) is 2.56. The predicted molar refractivity (Wildman–Crippen MR) is 74.7 cm³/mol. The number of benzene rings is 1. The maximum absolute atomic E-state index is 13.6. The van der Waals surface area contributed by atoms with Crippen molar-refractivity contribution in [2.75, 3.05) is 5.32 Å². The average molecular weight is 326 g/mol. The van der Waals surface area contributed by atoms with Crippen molar-refractivity contribution in [2.45, 2.75) is 19.9 Å². The number of hydrogen-bond acceptors (Lipinski definition) is 2. The van der Waals surface area contributed by atoms with Crippen LogP contribution >= 0.6 is 15.9 Å². The van der Waals surface area contributed by atoms with Gasteiger partial charge in [0.15, 0.2) is 0 Å². The van der Waals surface area contributed by atoms with E-state index in [0.29, 0.717) is 10.2 Å². The Morgan fingerprint density at radius 3 is 2.79 bits per heavy atom. The van der Waals surface area contributed by atoms with Gasteiger partial charge in [0, 0.05) is 16.7 Å². The van der Waals surface area contributed by atoms with E-state index in [9.17, 15) is 9.18 Å². The van der Waals surface area contributed by atoms with Crippen LogP contribution in [-0.2, 0) is 0 Å². The summed E-state index contributed by atoms with van der Waals surface area (Å²) in [6, 6.07) is 4.51. The average Bonchev–Trinajstić information content (AvgIpc) is 2.77. The van der Waals surface area contributed by atoms with Crippen molar-refractivity contribution in [2.24, 2.45) is 0 Å². The van der Waals surface area contributed by atoms with Crippen LogP contribution in [0.25, 0.3) is 0 Å². The molecule has 0 spiro atoms. The lowest BCUT2D eigenvalue weighted by Gasteiger charge is -2.05. The molecule has 19 heavy (non-hydrogen) atoms. The minimum absolute atomic E-state index is 0.000460. The quantitative estimate of drug-likeness (QED) is 0.936. The lowest BCUT2D eigenvalue weighted by molar-refractivity contribution is 0.102. The minimum atomic E-state index is -0.567. The van der Waals surface area contributed by atoms with Gasteiger partial charge in [-0.25, -0.2) is 4.39 Å². The zero-order chi connectivity index (χ0) is 14.0. The highest BCUT2D eigenvalue weighted by molar-refractivity contribution is 9.10. The molecule has 0 fully saturated rings. The summed E-state index contributed by atoms with van der Waals surface area (Å²) in [4.78, 5) is 11.9. The van der Waals surface area contributed by atoms with Gasteiger partial charge >= 0.3 is 0 Å². The van der Waals surface area contributed by atoms with Crippen LogP contribution in [0.1, 0.15) is 30.2 Å². The standard InChI is InChI=1S/C13H13BrFN3O/c1-8(2)18-7-10(6-16-18)17-13(19)11-4-3-9(14)5-12(11)15/h3-8H,1-2H3,(H,17,19). The van der Waals surface area contributed by atoms with E-state index in [1.54, 1.807) is 16.9 Å². The number of rotatable bonds is 3. The van der Waals surface area contributed by atoms with E-state index in [2.05, 4.69) is 26.3 Å². The van der Waals surface area contributed by atoms with Crippen LogP contribution in [0, 0.1) is 5.82 Å². The molecule has 1 amide bonds. The molecule has 1 aromatic heterocycles. The summed E-state index contributed by atoms with van der Waals surface area (Å²) in [5.41, 5.74) is 0.543. The van der Waals surface area contributed by atoms with Crippen molar-refractivity contribution in [3.05, 3.63) is 46.4 Å². The molecule has 0 saturated carbocycles. The van der Waals surface area contributed by atoms with Gasteiger partial charge in [-0.05, 0) is 32.0 Å². The molecule has 0 bridgehead atoms. The molecular formula is C13H13BrFN3O. The number of nitrogens with one attached hydrogen (secondary N) is 1. The zero-order valence-electron chi connectivity index (χ0n) is 10.5. The van der Waals surface area contributed by atoms with Crippen LogP contribution in [0.4, 0.5) is 10.1 Å². The summed E-state index contributed by atoms with van der Waals surface area (Å²) in [5, 5.41) is 6.72. The van der Waals surface area contributed by atoms with Gasteiger partial charge in [0.2, 0.25) is 0 Å². The Kier molecular flexibility index (Phi) is 3.99. The molecule has 100 valence electrons. The lowest BCUT2D eigenvalue weighted by atomic mass is 10.2. The molecule has 1 aromatic carbocycles. The van der Waals surface area contributed by atoms with Crippen molar-refractivity contribution >= 4 is 27.5 Å². The summed E-state index contributed by atoms with van der Waals surface area (Å²) in [6.45, 7) is 3.96. The van der Waals surface area contributed by atoms with Crippen LogP contribution in [0.3, 0.4) is 0 Å². The third-order valence-corrected chi connectivity index (χ3v) is 3.06. The van der Waals surface area contributed by atoms with Crippen molar-refractivity contribution < 1.29 is 9.18 Å². The fourth-order valence-corrected chi connectivity index (χ4v) is 1.89. The summed E-state index contributed by atoms with van der Waals surface area (Å²) in [5.74, 6) is -1.06. The first-order chi connectivity index (χ1) is 8.97.